The van der Waals surface area contributed by atoms with Crippen molar-refractivity contribution in [3.8, 4) is 0 Å². The summed E-state index contributed by atoms with van der Waals surface area (Å²) in [6.07, 6.45) is 5.38. The highest BCUT2D eigenvalue weighted by Gasteiger charge is 2.20. The molecule has 0 aromatic heterocycles. The predicted molar refractivity (Wildman–Crippen MR) is 109 cm³/mol. The van der Waals surface area contributed by atoms with Crippen molar-refractivity contribution in [2.75, 3.05) is 5.32 Å². The summed E-state index contributed by atoms with van der Waals surface area (Å²) in [6.45, 7) is 3.88. The van der Waals surface area contributed by atoms with Crippen molar-refractivity contribution in [3.05, 3.63) is 63.7 Å². The van der Waals surface area contributed by atoms with Crippen molar-refractivity contribution >= 4 is 29.1 Å². The molecular formula is C22H25ClN2O2. The molecule has 3 rings (SSSR count). The van der Waals surface area contributed by atoms with Crippen LogP contribution in [0.4, 0.5) is 5.69 Å². The molecule has 142 valence electrons. The zero-order chi connectivity index (χ0) is 19.4. The Morgan fingerprint density at radius 3 is 2.48 bits per heavy atom. The minimum absolute atomic E-state index is 0.183. The Kier molecular flexibility index (Phi) is 6.17. The standard InChI is InChI=1S/C22H25ClN2O2/c1-3-20(17-10-9-15-6-4-5-7-16(15)12-17)25-22(27)21(26)24-18-11-8-14(2)19(23)13-18/h8-13,20H,3-7H2,1-2H3,(H,24,26)(H,25,27). The lowest BCUT2D eigenvalue weighted by Gasteiger charge is -2.21. The monoisotopic (exact) mass is 384 g/mol. The molecule has 1 atom stereocenters. The van der Waals surface area contributed by atoms with E-state index in [4.69, 9.17) is 11.6 Å². The smallest absolute Gasteiger partial charge is 0.313 e. The topological polar surface area (TPSA) is 58.2 Å². The minimum atomic E-state index is -0.689. The number of hydrogen-bond acceptors (Lipinski definition) is 2. The van der Waals surface area contributed by atoms with E-state index < -0.39 is 11.8 Å². The average molecular weight is 385 g/mol. The van der Waals surface area contributed by atoms with E-state index >= 15 is 0 Å². The molecule has 0 radical (unpaired) electrons. The van der Waals surface area contributed by atoms with E-state index in [-0.39, 0.29) is 6.04 Å². The number of rotatable bonds is 4. The molecule has 5 heteroatoms. The predicted octanol–water partition coefficient (Wildman–Crippen LogP) is 4.73. The minimum Gasteiger partial charge on any atom is -0.341 e. The number of anilines is 1. The van der Waals surface area contributed by atoms with Gasteiger partial charge in [0.1, 0.15) is 0 Å². The molecule has 0 saturated heterocycles. The maximum atomic E-state index is 12.4. The Labute approximate surface area is 165 Å². The second-order valence-electron chi connectivity index (χ2n) is 7.09. The third kappa shape index (κ3) is 4.69. The van der Waals surface area contributed by atoms with Crippen molar-refractivity contribution in [3.63, 3.8) is 0 Å². The molecule has 0 saturated carbocycles. The molecule has 0 heterocycles. The summed E-state index contributed by atoms with van der Waals surface area (Å²) in [5, 5.41) is 6.01. The molecular weight excluding hydrogens is 360 g/mol. The maximum Gasteiger partial charge on any atom is 0.313 e. The Morgan fingerprint density at radius 2 is 1.78 bits per heavy atom. The van der Waals surface area contributed by atoms with Gasteiger partial charge in [-0.1, -0.05) is 42.8 Å². The van der Waals surface area contributed by atoms with E-state index in [0.29, 0.717) is 17.1 Å². The van der Waals surface area contributed by atoms with Crippen LogP contribution in [0.2, 0.25) is 5.02 Å². The first-order valence-corrected chi connectivity index (χ1v) is 9.85. The van der Waals surface area contributed by atoms with Crippen molar-refractivity contribution in [1.29, 1.82) is 0 Å². The van der Waals surface area contributed by atoms with Crippen molar-refractivity contribution in [2.24, 2.45) is 0 Å². The summed E-state index contributed by atoms with van der Waals surface area (Å²) < 4.78 is 0. The quantitative estimate of drug-likeness (QED) is 0.748. The number of fused-ring (bicyclic) bond motifs is 1. The molecule has 0 spiro atoms. The number of nitrogens with one attached hydrogen (secondary N) is 2. The van der Waals surface area contributed by atoms with Gasteiger partial charge in [-0.2, -0.15) is 0 Å². The van der Waals surface area contributed by atoms with Gasteiger partial charge in [-0.3, -0.25) is 9.59 Å². The van der Waals surface area contributed by atoms with E-state index in [1.807, 2.05) is 13.8 Å². The number of halogens is 1. The lowest BCUT2D eigenvalue weighted by atomic mass is 9.89. The van der Waals surface area contributed by atoms with Crippen LogP contribution in [0.25, 0.3) is 0 Å². The van der Waals surface area contributed by atoms with Crippen molar-refractivity contribution in [2.45, 2.75) is 52.0 Å². The second kappa shape index (κ2) is 8.57. The summed E-state index contributed by atoms with van der Waals surface area (Å²) in [5.74, 6) is -1.33. The summed E-state index contributed by atoms with van der Waals surface area (Å²) in [7, 11) is 0. The largest absolute Gasteiger partial charge is 0.341 e. The van der Waals surface area contributed by atoms with Crippen LogP contribution in [0.3, 0.4) is 0 Å². The fourth-order valence-corrected chi connectivity index (χ4v) is 3.65. The molecule has 0 fully saturated rings. The Hall–Kier alpha value is -2.33. The molecule has 0 aliphatic heterocycles. The number of benzene rings is 2. The van der Waals surface area contributed by atoms with E-state index in [0.717, 1.165) is 24.0 Å². The first kappa shape index (κ1) is 19.4. The molecule has 27 heavy (non-hydrogen) atoms. The number of hydrogen-bond donors (Lipinski definition) is 2. The number of amides is 2. The van der Waals surface area contributed by atoms with Gasteiger partial charge in [0.2, 0.25) is 0 Å². The van der Waals surface area contributed by atoms with Gasteiger partial charge in [-0.05, 0) is 73.4 Å². The molecule has 2 N–H and O–H groups in total. The Balaban J connectivity index is 1.67. The number of carbonyl (C=O) groups excluding carboxylic acids is 2. The Morgan fingerprint density at radius 1 is 1.04 bits per heavy atom. The van der Waals surface area contributed by atoms with Gasteiger partial charge in [0.15, 0.2) is 0 Å². The van der Waals surface area contributed by atoms with E-state index in [2.05, 4.69) is 28.8 Å². The number of carbonyl (C=O) groups is 2. The molecule has 2 aromatic carbocycles. The van der Waals surface area contributed by atoms with Crippen LogP contribution in [0, 0.1) is 6.92 Å². The SMILES string of the molecule is CCC(NC(=O)C(=O)Nc1ccc(C)c(Cl)c1)c1ccc2c(c1)CCCC2. The zero-order valence-electron chi connectivity index (χ0n) is 15.8. The average Bonchev–Trinajstić information content (AvgIpc) is 2.68. The van der Waals surface area contributed by atoms with Gasteiger partial charge in [0.05, 0.1) is 6.04 Å². The van der Waals surface area contributed by atoms with Crippen LogP contribution >= 0.6 is 11.6 Å². The van der Waals surface area contributed by atoms with Crippen LogP contribution in [-0.2, 0) is 22.4 Å². The zero-order valence-corrected chi connectivity index (χ0v) is 16.5. The third-order valence-corrected chi connectivity index (χ3v) is 5.53. The van der Waals surface area contributed by atoms with E-state index in [1.165, 1.54) is 24.0 Å². The van der Waals surface area contributed by atoms with Crippen molar-refractivity contribution in [1.82, 2.24) is 5.32 Å². The molecule has 2 aromatic rings. The van der Waals surface area contributed by atoms with Crippen molar-refractivity contribution < 1.29 is 9.59 Å². The summed E-state index contributed by atoms with van der Waals surface area (Å²) in [5.41, 5.74) is 5.24. The van der Waals surface area contributed by atoms with Gasteiger partial charge in [0.25, 0.3) is 0 Å². The van der Waals surface area contributed by atoms with Gasteiger partial charge in [-0.25, -0.2) is 0 Å². The third-order valence-electron chi connectivity index (χ3n) is 5.12. The highest BCUT2D eigenvalue weighted by molar-refractivity contribution is 6.40. The second-order valence-corrected chi connectivity index (χ2v) is 7.49. The molecule has 1 unspecified atom stereocenters. The van der Waals surface area contributed by atoms with E-state index in [9.17, 15) is 9.59 Å². The fraction of sp³-hybridized carbons (Fsp3) is 0.364. The van der Waals surface area contributed by atoms with Crippen LogP contribution in [0.5, 0.6) is 0 Å². The lowest BCUT2D eigenvalue weighted by Crippen LogP contribution is -2.37. The molecule has 1 aliphatic carbocycles. The van der Waals surface area contributed by atoms with Crippen LogP contribution in [0.1, 0.15) is 54.5 Å². The fourth-order valence-electron chi connectivity index (χ4n) is 3.47. The first-order chi connectivity index (χ1) is 13.0. The molecule has 4 nitrogen and oxygen atoms in total. The van der Waals surface area contributed by atoms with E-state index in [1.54, 1.807) is 18.2 Å². The normalized spacial score (nSPS) is 14.2. The maximum absolute atomic E-state index is 12.4. The van der Waals surface area contributed by atoms with Gasteiger partial charge >= 0.3 is 11.8 Å². The van der Waals surface area contributed by atoms with Gasteiger partial charge in [0, 0.05) is 10.7 Å². The lowest BCUT2D eigenvalue weighted by molar-refractivity contribution is -0.136. The summed E-state index contributed by atoms with van der Waals surface area (Å²) in [6, 6.07) is 11.4. The molecule has 0 bridgehead atoms. The van der Waals surface area contributed by atoms with Crippen LogP contribution < -0.4 is 10.6 Å². The Bertz CT molecular complexity index is 863. The summed E-state index contributed by atoms with van der Waals surface area (Å²) >= 11 is 6.07. The molecule has 1 aliphatic rings. The van der Waals surface area contributed by atoms with Gasteiger partial charge < -0.3 is 10.6 Å². The number of aryl methyl sites for hydroxylation is 3. The van der Waals surface area contributed by atoms with Gasteiger partial charge in [-0.15, -0.1) is 0 Å². The first-order valence-electron chi connectivity index (χ1n) is 9.47. The highest BCUT2D eigenvalue weighted by Crippen LogP contribution is 2.26. The summed E-state index contributed by atoms with van der Waals surface area (Å²) in [4.78, 5) is 24.6. The highest BCUT2D eigenvalue weighted by atomic mass is 35.5. The van der Waals surface area contributed by atoms with Crippen LogP contribution in [-0.4, -0.2) is 11.8 Å². The van der Waals surface area contributed by atoms with Crippen LogP contribution in [0.15, 0.2) is 36.4 Å². The molecule has 2 amide bonds.